The molecule has 1 aromatic rings. The van der Waals surface area contributed by atoms with Gasteiger partial charge in [0.2, 0.25) is 0 Å². The first-order valence-electron chi connectivity index (χ1n) is 2.29. The van der Waals surface area contributed by atoms with Crippen LogP contribution in [0.4, 0.5) is 4.39 Å². The molecule has 0 saturated heterocycles. The number of imidazole rings is 1. The summed E-state index contributed by atoms with van der Waals surface area (Å²) in [5.74, 6) is -0.354. The van der Waals surface area contributed by atoms with Crippen molar-refractivity contribution in [3.8, 4) is 0 Å². The van der Waals surface area contributed by atoms with Crippen molar-refractivity contribution in [1.82, 2.24) is 9.97 Å². The standard InChI is InChI=1S/C5H4BrFN2/c6-1-4(7)5-2-8-3-9-5/h1-3H,(H,8,9)/b4-1+. The summed E-state index contributed by atoms with van der Waals surface area (Å²) in [6, 6.07) is 0. The Bertz CT molecular complexity index is 205. The summed E-state index contributed by atoms with van der Waals surface area (Å²) in [5.41, 5.74) is 0.381. The normalized spacial score (nSPS) is 12.0. The van der Waals surface area contributed by atoms with Gasteiger partial charge in [0.1, 0.15) is 0 Å². The van der Waals surface area contributed by atoms with Gasteiger partial charge in [0.15, 0.2) is 5.83 Å². The van der Waals surface area contributed by atoms with Crippen molar-refractivity contribution < 1.29 is 4.39 Å². The first-order valence-corrected chi connectivity index (χ1v) is 3.21. The fourth-order valence-corrected chi connectivity index (χ4v) is 0.692. The fraction of sp³-hybridized carbons (Fsp3) is 0. The quantitative estimate of drug-likeness (QED) is 0.723. The summed E-state index contributed by atoms with van der Waals surface area (Å²) in [7, 11) is 0. The van der Waals surface area contributed by atoms with Gasteiger partial charge in [0, 0.05) is 4.99 Å². The van der Waals surface area contributed by atoms with Crippen LogP contribution in [0.2, 0.25) is 0 Å². The number of nitrogens with zero attached hydrogens (tertiary/aromatic N) is 1. The van der Waals surface area contributed by atoms with Gasteiger partial charge >= 0.3 is 0 Å². The second-order valence-corrected chi connectivity index (χ2v) is 1.88. The van der Waals surface area contributed by atoms with Gasteiger partial charge in [-0.05, 0) is 0 Å². The van der Waals surface area contributed by atoms with E-state index in [1.165, 1.54) is 17.5 Å². The highest BCUT2D eigenvalue weighted by Gasteiger charge is 1.97. The molecule has 9 heavy (non-hydrogen) atoms. The second kappa shape index (κ2) is 2.77. The lowest BCUT2D eigenvalue weighted by atomic mass is 10.4. The average Bonchev–Trinajstić information content (AvgIpc) is 2.37. The van der Waals surface area contributed by atoms with E-state index in [2.05, 4.69) is 25.9 Å². The number of hydrogen-bond donors (Lipinski definition) is 1. The zero-order valence-electron chi connectivity index (χ0n) is 4.44. The van der Waals surface area contributed by atoms with Crippen molar-refractivity contribution in [2.45, 2.75) is 0 Å². The molecule has 0 amide bonds. The summed E-state index contributed by atoms with van der Waals surface area (Å²) >= 11 is 2.85. The molecule has 0 bridgehead atoms. The van der Waals surface area contributed by atoms with Gasteiger partial charge in [0.25, 0.3) is 0 Å². The van der Waals surface area contributed by atoms with E-state index in [0.29, 0.717) is 5.69 Å². The molecule has 0 aliphatic heterocycles. The summed E-state index contributed by atoms with van der Waals surface area (Å²) < 4.78 is 12.4. The highest BCUT2D eigenvalue weighted by molar-refractivity contribution is 9.11. The Morgan fingerprint density at radius 2 is 2.67 bits per heavy atom. The van der Waals surface area contributed by atoms with E-state index in [1.54, 1.807) is 0 Å². The molecule has 1 rings (SSSR count). The summed E-state index contributed by atoms with van der Waals surface area (Å²) in [4.78, 5) is 7.43. The highest BCUT2D eigenvalue weighted by atomic mass is 79.9. The Labute approximate surface area is 59.9 Å². The van der Waals surface area contributed by atoms with Crippen LogP contribution in [0, 0.1) is 0 Å². The Balaban J connectivity index is 2.90. The van der Waals surface area contributed by atoms with Crippen LogP contribution >= 0.6 is 15.9 Å². The number of H-pyrrole nitrogens is 1. The first kappa shape index (κ1) is 6.48. The third-order valence-electron chi connectivity index (χ3n) is 0.851. The number of rotatable bonds is 1. The number of halogens is 2. The molecule has 48 valence electrons. The van der Waals surface area contributed by atoms with Gasteiger partial charge in [0.05, 0.1) is 18.2 Å². The largest absolute Gasteiger partial charge is 0.343 e. The minimum atomic E-state index is -0.354. The number of aromatic amines is 1. The lowest BCUT2D eigenvalue weighted by molar-refractivity contribution is 0.756. The van der Waals surface area contributed by atoms with Gasteiger partial charge in [-0.3, -0.25) is 0 Å². The number of hydrogen-bond acceptors (Lipinski definition) is 1. The smallest absolute Gasteiger partial charge is 0.155 e. The van der Waals surface area contributed by atoms with Gasteiger partial charge < -0.3 is 4.98 Å². The molecule has 1 aromatic heterocycles. The maximum absolute atomic E-state index is 12.4. The fourth-order valence-electron chi connectivity index (χ4n) is 0.445. The molecule has 1 N–H and O–H groups in total. The van der Waals surface area contributed by atoms with Crippen LogP contribution in [-0.4, -0.2) is 9.97 Å². The Hall–Kier alpha value is -0.640. The van der Waals surface area contributed by atoms with E-state index in [4.69, 9.17) is 0 Å². The van der Waals surface area contributed by atoms with E-state index >= 15 is 0 Å². The molecule has 0 spiro atoms. The third kappa shape index (κ3) is 1.38. The average molecular weight is 191 g/mol. The second-order valence-electron chi connectivity index (χ2n) is 1.42. The summed E-state index contributed by atoms with van der Waals surface area (Å²) in [5, 5.41) is 0. The molecule has 0 aliphatic carbocycles. The van der Waals surface area contributed by atoms with Crippen molar-refractivity contribution in [1.29, 1.82) is 0 Å². The Kier molecular flexibility index (Phi) is 2.00. The zero-order valence-corrected chi connectivity index (χ0v) is 6.02. The topological polar surface area (TPSA) is 28.7 Å². The van der Waals surface area contributed by atoms with E-state index in [-0.39, 0.29) is 5.83 Å². The van der Waals surface area contributed by atoms with Crippen LogP contribution < -0.4 is 0 Å². The van der Waals surface area contributed by atoms with Gasteiger partial charge in [-0.2, -0.15) is 0 Å². The van der Waals surface area contributed by atoms with Gasteiger partial charge in [-0.15, -0.1) is 0 Å². The van der Waals surface area contributed by atoms with E-state index in [1.807, 2.05) is 0 Å². The zero-order chi connectivity index (χ0) is 6.69. The Morgan fingerprint density at radius 1 is 1.89 bits per heavy atom. The van der Waals surface area contributed by atoms with Crippen LogP contribution in [0.1, 0.15) is 5.69 Å². The van der Waals surface area contributed by atoms with Crippen LogP contribution in [-0.2, 0) is 0 Å². The third-order valence-corrected chi connectivity index (χ3v) is 1.25. The van der Waals surface area contributed by atoms with Crippen molar-refractivity contribution in [2.24, 2.45) is 0 Å². The predicted octanol–water partition coefficient (Wildman–Crippen LogP) is 2.07. The molecule has 0 aliphatic rings. The molecule has 0 aromatic carbocycles. The molecule has 1 heterocycles. The minimum absolute atomic E-state index is 0.354. The lowest BCUT2D eigenvalue weighted by Gasteiger charge is -1.84. The van der Waals surface area contributed by atoms with Crippen LogP contribution in [0.3, 0.4) is 0 Å². The lowest BCUT2D eigenvalue weighted by Crippen LogP contribution is -1.72. The predicted molar refractivity (Wildman–Crippen MR) is 36.6 cm³/mol. The van der Waals surface area contributed by atoms with Crippen molar-refractivity contribution >= 4 is 21.8 Å². The van der Waals surface area contributed by atoms with Crippen molar-refractivity contribution in [3.05, 3.63) is 23.2 Å². The summed E-state index contributed by atoms with van der Waals surface area (Å²) in [6.45, 7) is 0. The molecule has 0 unspecified atom stereocenters. The van der Waals surface area contributed by atoms with Crippen molar-refractivity contribution in [3.63, 3.8) is 0 Å². The van der Waals surface area contributed by atoms with Crippen LogP contribution in [0.15, 0.2) is 17.5 Å². The molecule has 2 nitrogen and oxygen atoms in total. The van der Waals surface area contributed by atoms with Crippen LogP contribution in [0.5, 0.6) is 0 Å². The highest BCUT2D eigenvalue weighted by Crippen LogP contribution is 2.12. The van der Waals surface area contributed by atoms with E-state index in [0.717, 1.165) is 0 Å². The molecule has 0 atom stereocenters. The summed E-state index contributed by atoms with van der Waals surface area (Å²) in [6.07, 6.45) is 2.83. The molecular formula is C5H4BrFN2. The minimum Gasteiger partial charge on any atom is -0.343 e. The van der Waals surface area contributed by atoms with Gasteiger partial charge in [-0.1, -0.05) is 15.9 Å². The van der Waals surface area contributed by atoms with Crippen molar-refractivity contribution in [2.75, 3.05) is 0 Å². The number of aromatic nitrogens is 2. The molecule has 4 heteroatoms. The van der Waals surface area contributed by atoms with E-state index < -0.39 is 0 Å². The van der Waals surface area contributed by atoms with E-state index in [9.17, 15) is 4.39 Å². The monoisotopic (exact) mass is 190 g/mol. The molecule has 0 radical (unpaired) electrons. The molecule has 0 saturated carbocycles. The number of nitrogens with one attached hydrogen (secondary N) is 1. The molecular weight excluding hydrogens is 187 g/mol. The molecule has 0 fully saturated rings. The maximum Gasteiger partial charge on any atom is 0.155 e. The Morgan fingerprint density at radius 3 is 3.11 bits per heavy atom. The maximum atomic E-state index is 12.4. The van der Waals surface area contributed by atoms with Crippen LogP contribution in [0.25, 0.3) is 5.83 Å². The first-order chi connectivity index (χ1) is 4.34. The van der Waals surface area contributed by atoms with Gasteiger partial charge in [-0.25, -0.2) is 9.37 Å². The SMILES string of the molecule is F/C(=C/Br)c1cnc[nH]1.